The van der Waals surface area contributed by atoms with Crippen LogP contribution < -0.4 is 15.8 Å². The van der Waals surface area contributed by atoms with Gasteiger partial charge in [0.15, 0.2) is 0 Å². The van der Waals surface area contributed by atoms with E-state index in [9.17, 15) is 9.59 Å². The average Bonchev–Trinajstić information content (AvgIpc) is 3.00. The largest absolute Gasteiger partial charge is 0.415 e. The molecule has 8 nitrogen and oxygen atoms in total. The first-order valence-electron chi connectivity index (χ1n) is 8.88. The second kappa shape index (κ2) is 7.49. The SMILES string of the molecule is Cc1nnc2sc(C(=O)NC3CN(C(=O)Oc4ccc(Cl)cc4)C3)c(N)c2c1C. The van der Waals surface area contributed by atoms with Crippen molar-refractivity contribution in [2.24, 2.45) is 0 Å². The first-order valence-corrected chi connectivity index (χ1v) is 10.1. The number of ether oxygens (including phenoxy) is 1. The second-order valence-electron chi connectivity index (χ2n) is 6.83. The number of nitrogens with two attached hydrogens (primary N) is 1. The Hall–Kier alpha value is -2.91. The summed E-state index contributed by atoms with van der Waals surface area (Å²) < 4.78 is 5.28. The van der Waals surface area contributed by atoms with Crippen molar-refractivity contribution in [3.63, 3.8) is 0 Å². The van der Waals surface area contributed by atoms with E-state index in [1.165, 1.54) is 16.2 Å². The third-order valence-electron chi connectivity index (χ3n) is 4.84. The fraction of sp³-hybridized carbons (Fsp3) is 0.263. The van der Waals surface area contributed by atoms with Gasteiger partial charge in [-0.2, -0.15) is 5.10 Å². The summed E-state index contributed by atoms with van der Waals surface area (Å²) >= 11 is 7.03. The Bertz CT molecular complexity index is 1110. The van der Waals surface area contributed by atoms with Gasteiger partial charge in [-0.3, -0.25) is 4.79 Å². The number of fused-ring (bicyclic) bond motifs is 1. The fourth-order valence-corrected chi connectivity index (χ4v) is 4.18. The topological polar surface area (TPSA) is 110 Å². The summed E-state index contributed by atoms with van der Waals surface area (Å²) in [7, 11) is 0. The highest BCUT2D eigenvalue weighted by molar-refractivity contribution is 7.21. The molecule has 3 aromatic rings. The molecule has 0 bridgehead atoms. The molecule has 0 spiro atoms. The Balaban J connectivity index is 1.37. The Kier molecular flexibility index (Phi) is 5.01. The molecule has 150 valence electrons. The van der Waals surface area contributed by atoms with Crippen LogP contribution in [0.15, 0.2) is 24.3 Å². The molecule has 1 aromatic carbocycles. The van der Waals surface area contributed by atoms with E-state index in [0.29, 0.717) is 39.3 Å². The molecule has 2 aromatic heterocycles. The highest BCUT2D eigenvalue weighted by Gasteiger charge is 2.34. The molecule has 1 fully saturated rings. The molecule has 3 heterocycles. The van der Waals surface area contributed by atoms with Gasteiger partial charge in [-0.05, 0) is 43.7 Å². The van der Waals surface area contributed by atoms with Crippen LogP contribution in [-0.2, 0) is 0 Å². The van der Waals surface area contributed by atoms with Gasteiger partial charge in [0.25, 0.3) is 5.91 Å². The maximum absolute atomic E-state index is 12.7. The van der Waals surface area contributed by atoms with E-state index in [-0.39, 0.29) is 11.9 Å². The number of hydrogen-bond donors (Lipinski definition) is 2. The summed E-state index contributed by atoms with van der Waals surface area (Å²) in [6, 6.07) is 6.36. The van der Waals surface area contributed by atoms with E-state index in [1.807, 2.05) is 13.8 Å². The lowest BCUT2D eigenvalue weighted by Gasteiger charge is -2.38. The summed E-state index contributed by atoms with van der Waals surface area (Å²) in [4.78, 5) is 27.4. The number of likely N-dealkylation sites (tertiary alicyclic amines) is 1. The zero-order chi connectivity index (χ0) is 20.7. The number of halogens is 1. The zero-order valence-corrected chi connectivity index (χ0v) is 17.3. The van der Waals surface area contributed by atoms with Crippen LogP contribution in [-0.4, -0.2) is 46.2 Å². The Morgan fingerprint density at radius 2 is 1.93 bits per heavy atom. The van der Waals surface area contributed by atoms with E-state index in [0.717, 1.165) is 16.6 Å². The molecular formula is C19H18ClN5O3S. The van der Waals surface area contributed by atoms with Crippen molar-refractivity contribution in [3.8, 4) is 5.75 Å². The van der Waals surface area contributed by atoms with Crippen molar-refractivity contribution in [2.75, 3.05) is 18.8 Å². The molecule has 1 aliphatic heterocycles. The predicted molar refractivity (Wildman–Crippen MR) is 112 cm³/mol. The molecule has 10 heteroatoms. The number of amides is 2. The molecule has 1 saturated heterocycles. The van der Waals surface area contributed by atoms with Crippen molar-refractivity contribution >= 4 is 50.8 Å². The number of aromatic nitrogens is 2. The van der Waals surface area contributed by atoms with Crippen LogP contribution in [0.25, 0.3) is 10.2 Å². The van der Waals surface area contributed by atoms with Crippen molar-refractivity contribution in [1.29, 1.82) is 0 Å². The van der Waals surface area contributed by atoms with Gasteiger partial charge in [0.05, 0.1) is 17.4 Å². The lowest BCUT2D eigenvalue weighted by Crippen LogP contribution is -2.61. The highest BCUT2D eigenvalue weighted by Crippen LogP contribution is 2.35. The Labute approximate surface area is 175 Å². The number of carbonyl (C=O) groups is 2. The van der Waals surface area contributed by atoms with Gasteiger partial charge in [0.1, 0.15) is 15.5 Å². The van der Waals surface area contributed by atoms with E-state index in [4.69, 9.17) is 22.1 Å². The lowest BCUT2D eigenvalue weighted by atomic mass is 10.1. The van der Waals surface area contributed by atoms with Gasteiger partial charge < -0.3 is 20.7 Å². The monoisotopic (exact) mass is 431 g/mol. The van der Waals surface area contributed by atoms with Crippen molar-refractivity contribution in [1.82, 2.24) is 20.4 Å². The van der Waals surface area contributed by atoms with Crippen LogP contribution in [0.1, 0.15) is 20.9 Å². The van der Waals surface area contributed by atoms with E-state index < -0.39 is 6.09 Å². The molecule has 2 amide bonds. The number of aryl methyl sites for hydroxylation is 2. The molecule has 1 aliphatic rings. The number of carbonyl (C=O) groups excluding carboxylic acids is 2. The minimum absolute atomic E-state index is 0.168. The number of thiophene rings is 1. The molecule has 0 saturated carbocycles. The van der Waals surface area contributed by atoms with Gasteiger partial charge in [0, 0.05) is 23.5 Å². The van der Waals surface area contributed by atoms with Crippen LogP contribution in [0.2, 0.25) is 5.02 Å². The number of anilines is 1. The van der Waals surface area contributed by atoms with Crippen molar-refractivity contribution in [3.05, 3.63) is 45.4 Å². The fourth-order valence-electron chi connectivity index (χ4n) is 3.05. The summed E-state index contributed by atoms with van der Waals surface area (Å²) in [5.41, 5.74) is 8.32. The smallest absolute Gasteiger partial charge is 0.410 e. The number of nitrogens with zero attached hydrogens (tertiary/aromatic N) is 3. The molecule has 0 atom stereocenters. The number of hydrogen-bond acceptors (Lipinski definition) is 7. The molecule has 3 N–H and O–H groups in total. The number of rotatable bonds is 3. The molecular weight excluding hydrogens is 414 g/mol. The van der Waals surface area contributed by atoms with E-state index in [1.54, 1.807) is 24.3 Å². The van der Waals surface area contributed by atoms with Crippen LogP contribution in [0, 0.1) is 13.8 Å². The standard InChI is InChI=1S/C19H18ClN5O3S/c1-9-10(2)23-24-18-14(9)15(21)16(29-18)17(26)22-12-7-25(8-12)19(27)28-13-5-3-11(20)4-6-13/h3-6,12H,7-8,21H2,1-2H3,(H,22,26). The summed E-state index contributed by atoms with van der Waals surface area (Å²) in [5.74, 6) is 0.134. The third kappa shape index (κ3) is 3.70. The highest BCUT2D eigenvalue weighted by atomic mass is 35.5. The quantitative estimate of drug-likeness (QED) is 0.659. The average molecular weight is 432 g/mol. The number of nitrogen functional groups attached to an aromatic ring is 1. The first-order chi connectivity index (χ1) is 13.8. The molecule has 0 radical (unpaired) electrons. The van der Waals surface area contributed by atoms with Gasteiger partial charge in [-0.25, -0.2) is 4.79 Å². The summed E-state index contributed by atoms with van der Waals surface area (Å²) in [6.45, 7) is 4.49. The van der Waals surface area contributed by atoms with Crippen LogP contribution in [0.3, 0.4) is 0 Å². The first kappa shape index (κ1) is 19.4. The van der Waals surface area contributed by atoms with Crippen LogP contribution in [0.4, 0.5) is 10.5 Å². The molecule has 29 heavy (non-hydrogen) atoms. The molecule has 0 unspecified atom stereocenters. The summed E-state index contributed by atoms with van der Waals surface area (Å²) in [5, 5.41) is 12.5. The predicted octanol–water partition coefficient (Wildman–Crippen LogP) is 3.16. The Morgan fingerprint density at radius 1 is 1.24 bits per heavy atom. The number of nitrogens with one attached hydrogen (secondary N) is 1. The maximum atomic E-state index is 12.7. The zero-order valence-electron chi connectivity index (χ0n) is 15.7. The normalized spacial score (nSPS) is 14.0. The van der Waals surface area contributed by atoms with Gasteiger partial charge in [-0.15, -0.1) is 16.4 Å². The van der Waals surface area contributed by atoms with E-state index in [2.05, 4.69) is 15.5 Å². The van der Waals surface area contributed by atoms with Crippen molar-refractivity contribution < 1.29 is 14.3 Å². The van der Waals surface area contributed by atoms with Gasteiger partial charge in [-0.1, -0.05) is 11.6 Å². The van der Waals surface area contributed by atoms with Gasteiger partial charge in [0.2, 0.25) is 0 Å². The Morgan fingerprint density at radius 3 is 2.62 bits per heavy atom. The van der Waals surface area contributed by atoms with Crippen LogP contribution in [0.5, 0.6) is 5.75 Å². The summed E-state index contributed by atoms with van der Waals surface area (Å²) in [6.07, 6.45) is -0.472. The second-order valence-corrected chi connectivity index (χ2v) is 8.27. The molecule has 0 aliphatic carbocycles. The van der Waals surface area contributed by atoms with Crippen molar-refractivity contribution in [2.45, 2.75) is 19.9 Å². The third-order valence-corrected chi connectivity index (χ3v) is 6.18. The minimum Gasteiger partial charge on any atom is -0.410 e. The lowest BCUT2D eigenvalue weighted by molar-refractivity contribution is 0.0792. The van der Waals surface area contributed by atoms with Gasteiger partial charge >= 0.3 is 6.09 Å². The molecule has 4 rings (SSSR count). The minimum atomic E-state index is -0.472. The maximum Gasteiger partial charge on any atom is 0.415 e. The van der Waals surface area contributed by atoms with Crippen LogP contribution >= 0.6 is 22.9 Å². The van der Waals surface area contributed by atoms with E-state index >= 15 is 0 Å². The number of benzene rings is 1.